The summed E-state index contributed by atoms with van der Waals surface area (Å²) < 4.78 is 123. The molecule has 0 aromatic carbocycles. The molecule has 31 heteroatoms. The van der Waals surface area contributed by atoms with E-state index in [1.807, 2.05) is 18.3 Å². The van der Waals surface area contributed by atoms with E-state index in [1.165, 1.54) is 24.7 Å². The second-order valence-electron chi connectivity index (χ2n) is 12.2. The Morgan fingerprint density at radius 2 is 0.983 bits per heavy atom. The van der Waals surface area contributed by atoms with E-state index in [0.29, 0.717) is 12.5 Å². The summed E-state index contributed by atoms with van der Waals surface area (Å²) in [4.78, 5) is 0. The van der Waals surface area contributed by atoms with Crippen molar-refractivity contribution in [1.29, 1.82) is 0 Å². The topological polar surface area (TPSA) is 275 Å². The Balaban J connectivity index is -0.0000000631. The van der Waals surface area contributed by atoms with Gasteiger partial charge in [-0.25, -0.2) is 12.6 Å². The Morgan fingerprint density at radius 3 is 1.18 bits per heavy atom. The molecule has 0 radical (unpaired) electrons. The van der Waals surface area contributed by atoms with Crippen LogP contribution in [0.4, 0.5) is 12.9 Å². The van der Waals surface area contributed by atoms with Crippen LogP contribution in [0, 0.1) is 7.11 Å². The second-order valence-corrected chi connectivity index (χ2v) is 33.0. The molecule has 0 aliphatic rings. The number of aliphatic hydroxyl groups excluding tert-OH is 1. The minimum Gasteiger partial charge on any atom is -0.412 e. The largest absolute Gasteiger partial charge is 0.438 e. The maximum absolute atomic E-state index is 12.3. The van der Waals surface area contributed by atoms with Crippen LogP contribution in [0.2, 0.25) is 50.4 Å². The van der Waals surface area contributed by atoms with E-state index < -0.39 is 65.3 Å². The van der Waals surface area contributed by atoms with E-state index in [9.17, 15) is 25.1 Å². The number of thiol groups is 1. The van der Waals surface area contributed by atoms with E-state index in [2.05, 4.69) is 47.5 Å². The molecule has 0 amide bonds. The third kappa shape index (κ3) is 74.0. The Labute approximate surface area is 391 Å². The van der Waals surface area contributed by atoms with Gasteiger partial charge in [-0.3, -0.25) is 32.5 Å². The van der Waals surface area contributed by atoms with Crippen molar-refractivity contribution in [3.8, 4) is 0 Å². The molecule has 0 atom stereocenters. The predicted octanol–water partition coefficient (Wildman–Crippen LogP) is 6.36. The van der Waals surface area contributed by atoms with Gasteiger partial charge in [0.25, 0.3) is 0 Å². The fourth-order valence-corrected chi connectivity index (χ4v) is 11.3. The standard InChI is InChI=1S/C7H18O4SSi.C7H18O2SSi.C6H16O2SSi.C5H14F2O2SSi.C2H5O4S.C2H6O.FH.Mo.H2O2.H2O/c1-10-13(4,11-2)7-5-6-12(3,8)9;1-8-11(4,9-2)7-5-6-10-3;1-7-10(3,8-2)6-4-5-9;1-10(8,9)4-3-5-11(2,6)7;1-5-7(3,4)6-2;1-2-3;;;1-2;/h5-7H2,1-4H3;5-7H2,1-4H3;9H,4-6H2,1-3H3;8-9H,3-5H2,1-2H3;1H2,2H3;3H,2H2,1H3;1H;;1-2H;1H2/q;;;;+1;;;;;. The minimum absolute atomic E-state index is 0. The van der Waals surface area contributed by atoms with Gasteiger partial charge in [0, 0.05) is 94.3 Å². The number of sulfone groups is 1. The molecule has 378 valence electrons. The molecule has 0 bridgehead atoms. The average Bonchev–Trinajstić information content (AvgIpc) is 3.14. The summed E-state index contributed by atoms with van der Waals surface area (Å²) in [5, 5.41) is 19.6. The summed E-state index contributed by atoms with van der Waals surface area (Å²) in [5.74, 6) is 2.43. The first-order valence-electron chi connectivity index (χ1n) is 17.2. The van der Waals surface area contributed by atoms with Gasteiger partial charge in [-0.1, -0.05) is 0 Å². The number of thioether (sulfide) groups is 1. The SMILES string of the molecule is CCO.CO[Si](C)(CCCS(C)(=O)=O)OC.CO[Si](C)(CCCS)OC.CO[Si](C)(CCCSC)OC.C[Si](F)(F)CCCS(C)(O)O.F.O.OO.[CH2+]OS(=O)(=O)OC.[Mo]. The molecular formula is C29H82F3MoO18S5Si4+. The van der Waals surface area contributed by atoms with Gasteiger partial charge in [0.15, 0.2) is 0 Å². The summed E-state index contributed by atoms with van der Waals surface area (Å²) in [5.41, 5.74) is 0. The van der Waals surface area contributed by atoms with Gasteiger partial charge < -0.3 is 37.1 Å². The minimum atomic E-state index is -3.97. The van der Waals surface area contributed by atoms with Crippen molar-refractivity contribution in [2.75, 3.05) is 98.2 Å². The van der Waals surface area contributed by atoms with E-state index in [1.54, 1.807) is 49.6 Å². The molecule has 0 heterocycles. The third-order valence-corrected chi connectivity index (χ3v) is 21.0. The fourth-order valence-electron chi connectivity index (χ4n) is 3.16. The molecule has 0 fully saturated rings. The predicted molar refractivity (Wildman–Crippen MR) is 251 cm³/mol. The fraction of sp³-hybridized carbons (Fsp3) is 0.966. The number of rotatable bonds is 23. The van der Waals surface area contributed by atoms with Gasteiger partial charge in [0.2, 0.25) is 7.11 Å². The number of hydrogen-bond acceptors (Lipinski definition) is 19. The number of aliphatic hydroxyl groups is 1. The van der Waals surface area contributed by atoms with Crippen molar-refractivity contribution in [2.45, 2.75) is 83.0 Å². The maximum Gasteiger partial charge on any atom is 0.438 e. The van der Waals surface area contributed by atoms with Crippen LogP contribution in [0.1, 0.15) is 32.6 Å². The molecule has 0 aliphatic heterocycles. The number of hydrogen-bond donors (Lipinski definition) is 6. The van der Waals surface area contributed by atoms with Gasteiger partial charge in [-0.2, -0.15) is 43.4 Å². The summed E-state index contributed by atoms with van der Waals surface area (Å²) >= 11 is 6.00. The molecule has 0 aromatic rings. The molecule has 0 saturated carbocycles. The first-order valence-corrected chi connectivity index (χ1v) is 34.7. The van der Waals surface area contributed by atoms with Crippen LogP contribution in [0.3, 0.4) is 0 Å². The summed E-state index contributed by atoms with van der Waals surface area (Å²) in [6.45, 7) is 8.99. The van der Waals surface area contributed by atoms with Crippen LogP contribution in [0.5, 0.6) is 0 Å². The monoisotopic (exact) mass is 1150 g/mol. The van der Waals surface area contributed by atoms with Crippen LogP contribution in [-0.2, 0) is 76.2 Å². The van der Waals surface area contributed by atoms with Crippen molar-refractivity contribution in [3.05, 3.63) is 7.11 Å². The first kappa shape index (κ1) is 85.0. The quantitative estimate of drug-likeness (QED) is 0.0124. The zero-order valence-electron chi connectivity index (χ0n) is 38.2. The third-order valence-electron chi connectivity index (χ3n) is 7.00. The Kier molecular flexibility index (Phi) is 70.8. The van der Waals surface area contributed by atoms with Crippen LogP contribution in [0.25, 0.3) is 0 Å². The molecule has 0 spiro atoms. The van der Waals surface area contributed by atoms with E-state index in [-0.39, 0.29) is 61.8 Å². The Hall–Kier alpha value is 1.61. The maximum atomic E-state index is 12.3. The molecular weight excluding hydrogens is 1060 g/mol. The molecule has 60 heavy (non-hydrogen) atoms. The van der Waals surface area contributed by atoms with Crippen molar-refractivity contribution in [3.63, 3.8) is 0 Å². The summed E-state index contributed by atoms with van der Waals surface area (Å²) in [7, 11) is -4.98. The van der Waals surface area contributed by atoms with Crippen molar-refractivity contribution in [2.24, 2.45) is 0 Å². The van der Waals surface area contributed by atoms with Crippen molar-refractivity contribution < 1.29 is 116 Å². The van der Waals surface area contributed by atoms with Gasteiger partial charge in [-0.15, -0.1) is 0 Å². The van der Waals surface area contributed by atoms with E-state index in [4.69, 9.17) is 51.3 Å². The molecule has 0 aliphatic carbocycles. The molecule has 18 nitrogen and oxygen atoms in total. The summed E-state index contributed by atoms with van der Waals surface area (Å²) in [6, 6.07) is 2.70. The zero-order valence-corrected chi connectivity index (χ0v) is 48.4. The smallest absolute Gasteiger partial charge is 0.412 e. The van der Waals surface area contributed by atoms with Gasteiger partial charge in [-0.05, 0) is 105 Å². The molecule has 0 rings (SSSR count). The molecule has 7 N–H and O–H groups in total. The van der Waals surface area contributed by atoms with E-state index in [0.717, 1.165) is 37.9 Å². The average molecular weight is 1140 g/mol. The van der Waals surface area contributed by atoms with Gasteiger partial charge >= 0.3 is 44.8 Å². The van der Waals surface area contributed by atoms with Crippen LogP contribution in [-0.4, -0.2) is 180 Å². The van der Waals surface area contributed by atoms with Crippen LogP contribution in [0.15, 0.2) is 0 Å². The first-order chi connectivity index (χ1) is 25.9. The van der Waals surface area contributed by atoms with Gasteiger partial charge in [0.1, 0.15) is 9.84 Å². The summed E-state index contributed by atoms with van der Waals surface area (Å²) in [6.07, 6.45) is 7.75. The van der Waals surface area contributed by atoms with Crippen molar-refractivity contribution >= 4 is 89.6 Å². The molecule has 0 aromatic heterocycles. The normalized spacial score (nSPS) is 11.6. The zero-order chi connectivity index (χ0) is 47.1. The van der Waals surface area contributed by atoms with Crippen LogP contribution >= 0.6 is 35.0 Å². The molecule has 0 saturated heterocycles. The van der Waals surface area contributed by atoms with Gasteiger partial charge in [0.05, 0.1) is 7.11 Å². The van der Waals surface area contributed by atoms with Crippen LogP contribution < -0.4 is 0 Å². The van der Waals surface area contributed by atoms with E-state index >= 15 is 0 Å². The Bertz CT molecular complexity index is 1040. The second kappa shape index (κ2) is 50.0. The Morgan fingerprint density at radius 1 is 0.683 bits per heavy atom. The van der Waals surface area contributed by atoms with Crippen molar-refractivity contribution in [1.82, 2.24) is 0 Å². The molecule has 0 unspecified atom stereocenters. The number of halogens is 3.